The zero-order valence-electron chi connectivity index (χ0n) is 15.3. The molecule has 0 saturated carbocycles. The Labute approximate surface area is 155 Å². The molecule has 10 nitrogen and oxygen atoms in total. The van der Waals surface area contributed by atoms with Crippen molar-refractivity contribution in [3.8, 4) is 5.75 Å². The first-order valence-corrected chi connectivity index (χ1v) is 8.40. The molecule has 10 heteroatoms. The second-order valence-corrected chi connectivity index (χ2v) is 5.60. The first-order chi connectivity index (χ1) is 12.9. The van der Waals surface area contributed by atoms with E-state index in [2.05, 4.69) is 15.7 Å². The normalized spacial score (nSPS) is 10.3. The predicted molar refractivity (Wildman–Crippen MR) is 98.1 cm³/mol. The summed E-state index contributed by atoms with van der Waals surface area (Å²) < 4.78 is 6.45. The Hall–Kier alpha value is -3.43. The SMILES string of the molecule is CCCNC(=O)c1nn(CC)cc1NC(=O)c1ccc(OC)c([N+](=O)[O-])c1. The topological polar surface area (TPSA) is 128 Å². The van der Waals surface area contributed by atoms with Crippen molar-refractivity contribution in [2.24, 2.45) is 0 Å². The smallest absolute Gasteiger partial charge is 0.311 e. The third kappa shape index (κ3) is 4.60. The number of nitro benzene ring substituents is 1. The Balaban J connectivity index is 2.30. The Bertz CT molecular complexity index is 861. The maximum absolute atomic E-state index is 12.5. The van der Waals surface area contributed by atoms with Crippen LogP contribution in [0.5, 0.6) is 5.75 Å². The number of aromatic nitrogens is 2. The van der Waals surface area contributed by atoms with E-state index < -0.39 is 16.7 Å². The number of nitrogens with zero attached hydrogens (tertiary/aromatic N) is 3. The van der Waals surface area contributed by atoms with Crippen molar-refractivity contribution in [2.45, 2.75) is 26.8 Å². The van der Waals surface area contributed by atoms with E-state index in [4.69, 9.17) is 4.74 Å². The molecule has 0 aliphatic rings. The number of benzene rings is 1. The van der Waals surface area contributed by atoms with Crippen LogP contribution in [0.3, 0.4) is 0 Å². The van der Waals surface area contributed by atoms with Crippen LogP contribution in [0.15, 0.2) is 24.4 Å². The zero-order valence-corrected chi connectivity index (χ0v) is 15.3. The number of amides is 2. The summed E-state index contributed by atoms with van der Waals surface area (Å²) in [5.74, 6) is -0.948. The number of nitrogens with one attached hydrogen (secondary N) is 2. The van der Waals surface area contributed by atoms with Gasteiger partial charge in [0.05, 0.1) is 17.7 Å². The van der Waals surface area contributed by atoms with Crippen molar-refractivity contribution in [3.63, 3.8) is 0 Å². The minimum absolute atomic E-state index is 0.0509. The van der Waals surface area contributed by atoms with Crippen LogP contribution in [0.4, 0.5) is 11.4 Å². The molecule has 1 aromatic heterocycles. The highest BCUT2D eigenvalue weighted by Gasteiger charge is 2.21. The van der Waals surface area contributed by atoms with E-state index in [9.17, 15) is 19.7 Å². The average molecular weight is 375 g/mol. The monoisotopic (exact) mass is 375 g/mol. The zero-order chi connectivity index (χ0) is 20.0. The average Bonchev–Trinajstić information content (AvgIpc) is 3.08. The second-order valence-electron chi connectivity index (χ2n) is 5.60. The van der Waals surface area contributed by atoms with Gasteiger partial charge in [0.25, 0.3) is 11.8 Å². The van der Waals surface area contributed by atoms with Gasteiger partial charge in [-0.2, -0.15) is 5.10 Å². The molecule has 0 aliphatic heterocycles. The summed E-state index contributed by atoms with van der Waals surface area (Å²) in [6, 6.07) is 3.87. The molecular weight excluding hydrogens is 354 g/mol. The molecule has 0 fully saturated rings. The fourth-order valence-corrected chi connectivity index (χ4v) is 2.33. The van der Waals surface area contributed by atoms with Gasteiger partial charge in [-0.25, -0.2) is 0 Å². The molecule has 0 atom stereocenters. The van der Waals surface area contributed by atoms with E-state index in [1.165, 1.54) is 30.1 Å². The van der Waals surface area contributed by atoms with Crippen LogP contribution in [0, 0.1) is 10.1 Å². The Kier molecular flexibility index (Phi) is 6.47. The molecule has 0 spiro atoms. The molecular formula is C17H21N5O5. The van der Waals surface area contributed by atoms with Gasteiger partial charge in [0.1, 0.15) is 0 Å². The summed E-state index contributed by atoms with van der Waals surface area (Å²) in [7, 11) is 1.31. The van der Waals surface area contributed by atoms with Crippen LogP contribution in [-0.4, -0.2) is 40.2 Å². The summed E-state index contributed by atoms with van der Waals surface area (Å²) in [6.07, 6.45) is 2.30. The van der Waals surface area contributed by atoms with Gasteiger partial charge in [-0.05, 0) is 25.5 Å². The number of hydrogen-bond donors (Lipinski definition) is 2. The van der Waals surface area contributed by atoms with E-state index in [1.54, 1.807) is 0 Å². The lowest BCUT2D eigenvalue weighted by Gasteiger charge is -2.07. The van der Waals surface area contributed by atoms with Gasteiger partial charge in [-0.1, -0.05) is 6.92 Å². The number of carbonyl (C=O) groups is 2. The van der Waals surface area contributed by atoms with Crippen LogP contribution in [-0.2, 0) is 6.54 Å². The van der Waals surface area contributed by atoms with E-state index in [-0.39, 0.29) is 28.4 Å². The van der Waals surface area contributed by atoms with Crippen molar-refractivity contribution >= 4 is 23.2 Å². The predicted octanol–water partition coefficient (Wildman–Crippen LogP) is 2.21. The van der Waals surface area contributed by atoms with Crippen LogP contribution in [0.2, 0.25) is 0 Å². The number of nitro groups is 1. The van der Waals surface area contributed by atoms with Gasteiger partial charge < -0.3 is 15.4 Å². The number of anilines is 1. The maximum Gasteiger partial charge on any atom is 0.311 e. The highest BCUT2D eigenvalue weighted by atomic mass is 16.6. The second kappa shape index (κ2) is 8.79. The lowest BCUT2D eigenvalue weighted by atomic mass is 10.1. The molecule has 1 aromatic carbocycles. The summed E-state index contributed by atoms with van der Waals surface area (Å²) in [5.41, 5.74) is 0.0533. The fraction of sp³-hybridized carbons (Fsp3) is 0.353. The molecule has 0 radical (unpaired) electrons. The quantitative estimate of drug-likeness (QED) is 0.538. The van der Waals surface area contributed by atoms with Crippen LogP contribution < -0.4 is 15.4 Å². The number of carbonyl (C=O) groups excluding carboxylic acids is 2. The standard InChI is InChI=1S/C17H21N5O5/c1-4-8-18-17(24)15-12(10-21(5-2)20-15)19-16(23)11-6-7-14(27-3)13(9-11)22(25)26/h6-7,9-10H,4-5,8H2,1-3H3,(H,18,24)(H,19,23). The van der Waals surface area contributed by atoms with E-state index >= 15 is 0 Å². The molecule has 2 aromatic rings. The molecule has 27 heavy (non-hydrogen) atoms. The summed E-state index contributed by atoms with van der Waals surface area (Å²) >= 11 is 0. The third-order valence-electron chi connectivity index (χ3n) is 3.72. The molecule has 144 valence electrons. The minimum atomic E-state index is -0.631. The van der Waals surface area contributed by atoms with Gasteiger partial charge in [-0.15, -0.1) is 0 Å². The lowest BCUT2D eigenvalue weighted by Crippen LogP contribution is -2.26. The Morgan fingerprint density at radius 1 is 1.30 bits per heavy atom. The van der Waals surface area contributed by atoms with Gasteiger partial charge in [-0.3, -0.25) is 24.4 Å². The largest absolute Gasteiger partial charge is 0.490 e. The molecule has 0 saturated heterocycles. The Morgan fingerprint density at radius 2 is 2.04 bits per heavy atom. The summed E-state index contributed by atoms with van der Waals surface area (Å²) in [5, 5.41) is 20.6. The number of ether oxygens (including phenoxy) is 1. The van der Waals surface area contributed by atoms with Crippen molar-refractivity contribution in [3.05, 3.63) is 45.8 Å². The van der Waals surface area contributed by atoms with E-state index in [0.717, 1.165) is 12.5 Å². The van der Waals surface area contributed by atoms with Crippen LogP contribution in [0.1, 0.15) is 41.1 Å². The van der Waals surface area contributed by atoms with E-state index in [1.807, 2.05) is 13.8 Å². The number of rotatable bonds is 8. The van der Waals surface area contributed by atoms with Crippen LogP contribution >= 0.6 is 0 Å². The van der Waals surface area contributed by atoms with Gasteiger partial charge in [0.2, 0.25) is 0 Å². The van der Waals surface area contributed by atoms with Crippen molar-refractivity contribution in [1.82, 2.24) is 15.1 Å². The molecule has 2 rings (SSSR count). The summed E-state index contributed by atoms with van der Waals surface area (Å²) in [4.78, 5) is 35.3. The molecule has 0 unspecified atom stereocenters. The lowest BCUT2D eigenvalue weighted by molar-refractivity contribution is -0.385. The number of hydrogen-bond acceptors (Lipinski definition) is 6. The first-order valence-electron chi connectivity index (χ1n) is 8.40. The van der Waals surface area contributed by atoms with Gasteiger partial charge >= 0.3 is 5.69 Å². The van der Waals surface area contributed by atoms with Crippen molar-refractivity contribution in [1.29, 1.82) is 0 Å². The van der Waals surface area contributed by atoms with Crippen molar-refractivity contribution < 1.29 is 19.2 Å². The maximum atomic E-state index is 12.5. The number of methoxy groups -OCH3 is 1. The highest BCUT2D eigenvalue weighted by Crippen LogP contribution is 2.28. The number of aryl methyl sites for hydroxylation is 1. The fourth-order valence-electron chi connectivity index (χ4n) is 2.33. The molecule has 2 N–H and O–H groups in total. The first kappa shape index (κ1) is 19.9. The van der Waals surface area contributed by atoms with Gasteiger partial charge in [0, 0.05) is 30.9 Å². The van der Waals surface area contributed by atoms with Crippen molar-refractivity contribution in [2.75, 3.05) is 19.0 Å². The van der Waals surface area contributed by atoms with Crippen LogP contribution in [0.25, 0.3) is 0 Å². The Morgan fingerprint density at radius 3 is 2.63 bits per heavy atom. The molecule has 0 aliphatic carbocycles. The molecule has 0 bridgehead atoms. The van der Waals surface area contributed by atoms with E-state index in [0.29, 0.717) is 13.1 Å². The minimum Gasteiger partial charge on any atom is -0.490 e. The summed E-state index contributed by atoms with van der Waals surface area (Å²) in [6.45, 7) is 4.76. The highest BCUT2D eigenvalue weighted by molar-refractivity contribution is 6.08. The van der Waals surface area contributed by atoms with Gasteiger partial charge in [0.15, 0.2) is 11.4 Å². The molecule has 2 amide bonds. The third-order valence-corrected chi connectivity index (χ3v) is 3.72. The molecule has 1 heterocycles.